The number of aryl methyl sites for hydroxylation is 1. The molecule has 18 heavy (non-hydrogen) atoms. The highest BCUT2D eigenvalue weighted by atomic mass is 35.5. The first kappa shape index (κ1) is 12.6. The molecular formula is C14H10ClFO2. The van der Waals surface area contributed by atoms with Crippen LogP contribution in [0, 0.1) is 12.7 Å². The zero-order chi connectivity index (χ0) is 13.1. The van der Waals surface area contributed by atoms with Gasteiger partial charge in [-0.25, -0.2) is 4.39 Å². The highest BCUT2D eigenvalue weighted by molar-refractivity contribution is 6.32. The Morgan fingerprint density at radius 1 is 1.22 bits per heavy atom. The molecule has 0 fully saturated rings. The Labute approximate surface area is 109 Å². The Morgan fingerprint density at radius 2 is 2.00 bits per heavy atom. The number of carbonyl (C=O) groups excluding carboxylic acids is 1. The summed E-state index contributed by atoms with van der Waals surface area (Å²) in [5, 5.41) is 0.404. The third-order valence-electron chi connectivity index (χ3n) is 2.44. The second-order valence-corrected chi connectivity index (χ2v) is 4.21. The van der Waals surface area contributed by atoms with Crippen LogP contribution < -0.4 is 4.74 Å². The average Bonchev–Trinajstić information content (AvgIpc) is 2.34. The molecule has 4 heteroatoms. The van der Waals surface area contributed by atoms with Crippen molar-refractivity contribution in [1.82, 2.24) is 0 Å². The molecule has 0 unspecified atom stereocenters. The molecule has 0 saturated carbocycles. The largest absolute Gasteiger partial charge is 0.455 e. The van der Waals surface area contributed by atoms with E-state index in [2.05, 4.69) is 0 Å². The van der Waals surface area contributed by atoms with Crippen molar-refractivity contribution in [2.75, 3.05) is 0 Å². The molecule has 2 aromatic carbocycles. The van der Waals surface area contributed by atoms with Crippen molar-refractivity contribution < 1.29 is 13.9 Å². The van der Waals surface area contributed by atoms with Crippen LogP contribution in [-0.2, 0) is 0 Å². The van der Waals surface area contributed by atoms with E-state index in [-0.39, 0.29) is 11.3 Å². The first-order chi connectivity index (χ1) is 8.61. The van der Waals surface area contributed by atoms with Gasteiger partial charge in [-0.15, -0.1) is 0 Å². The third kappa shape index (κ3) is 2.51. The van der Waals surface area contributed by atoms with Gasteiger partial charge in [0.1, 0.15) is 17.3 Å². The predicted octanol–water partition coefficient (Wildman–Crippen LogP) is 4.39. The zero-order valence-corrected chi connectivity index (χ0v) is 10.4. The fraction of sp³-hybridized carbons (Fsp3) is 0.0714. The van der Waals surface area contributed by atoms with Gasteiger partial charge in [0.05, 0.1) is 10.6 Å². The van der Waals surface area contributed by atoms with E-state index in [1.54, 1.807) is 12.1 Å². The molecule has 2 aromatic rings. The van der Waals surface area contributed by atoms with E-state index in [0.29, 0.717) is 17.1 Å². The minimum Gasteiger partial charge on any atom is -0.455 e. The van der Waals surface area contributed by atoms with Gasteiger partial charge in [-0.2, -0.15) is 0 Å². The minimum absolute atomic E-state index is 0.116. The minimum atomic E-state index is -0.619. The molecular weight excluding hydrogens is 255 g/mol. The fourth-order valence-corrected chi connectivity index (χ4v) is 1.68. The quantitative estimate of drug-likeness (QED) is 0.769. The van der Waals surface area contributed by atoms with Crippen molar-refractivity contribution in [3.8, 4) is 11.5 Å². The monoisotopic (exact) mass is 264 g/mol. The summed E-state index contributed by atoms with van der Waals surface area (Å²) in [6.07, 6.45) is 0.425. The predicted molar refractivity (Wildman–Crippen MR) is 68.1 cm³/mol. The number of hydrogen-bond donors (Lipinski definition) is 0. The van der Waals surface area contributed by atoms with Crippen LogP contribution in [-0.4, -0.2) is 6.29 Å². The van der Waals surface area contributed by atoms with E-state index >= 15 is 0 Å². The maximum atomic E-state index is 13.4. The number of carbonyl (C=O) groups is 1. The van der Waals surface area contributed by atoms with Gasteiger partial charge >= 0.3 is 0 Å². The van der Waals surface area contributed by atoms with Crippen molar-refractivity contribution >= 4 is 17.9 Å². The Morgan fingerprint density at radius 3 is 2.72 bits per heavy atom. The molecule has 0 saturated heterocycles. The Bertz CT molecular complexity index is 596. The van der Waals surface area contributed by atoms with Crippen molar-refractivity contribution in [3.05, 3.63) is 58.4 Å². The van der Waals surface area contributed by atoms with Gasteiger partial charge in [0, 0.05) is 0 Å². The van der Waals surface area contributed by atoms with E-state index in [1.807, 2.05) is 13.0 Å². The lowest BCUT2D eigenvalue weighted by molar-refractivity contribution is 0.111. The Kier molecular flexibility index (Phi) is 3.63. The van der Waals surface area contributed by atoms with Crippen LogP contribution in [0.1, 0.15) is 15.9 Å². The van der Waals surface area contributed by atoms with E-state index in [1.165, 1.54) is 18.2 Å². The van der Waals surface area contributed by atoms with Gasteiger partial charge in [0.25, 0.3) is 0 Å². The fourth-order valence-electron chi connectivity index (χ4n) is 1.53. The van der Waals surface area contributed by atoms with Crippen molar-refractivity contribution in [1.29, 1.82) is 0 Å². The normalized spacial score (nSPS) is 10.2. The smallest absolute Gasteiger partial charge is 0.156 e. The lowest BCUT2D eigenvalue weighted by Gasteiger charge is -2.10. The third-order valence-corrected chi connectivity index (χ3v) is 2.75. The van der Waals surface area contributed by atoms with Gasteiger partial charge in [0.2, 0.25) is 0 Å². The summed E-state index contributed by atoms with van der Waals surface area (Å²) in [6, 6.07) is 9.44. The van der Waals surface area contributed by atoms with Crippen LogP contribution in [0.2, 0.25) is 5.02 Å². The molecule has 0 heterocycles. The number of benzene rings is 2. The molecule has 0 N–H and O–H groups in total. The van der Waals surface area contributed by atoms with Gasteiger partial charge in [-0.1, -0.05) is 23.7 Å². The molecule has 2 rings (SSSR count). The van der Waals surface area contributed by atoms with Crippen LogP contribution in [0.25, 0.3) is 0 Å². The Balaban J connectivity index is 2.43. The maximum Gasteiger partial charge on any atom is 0.156 e. The number of rotatable bonds is 3. The van der Waals surface area contributed by atoms with Crippen LogP contribution in [0.5, 0.6) is 11.5 Å². The van der Waals surface area contributed by atoms with E-state index in [4.69, 9.17) is 16.3 Å². The van der Waals surface area contributed by atoms with Gasteiger partial charge in [0.15, 0.2) is 6.29 Å². The summed E-state index contributed by atoms with van der Waals surface area (Å²) in [7, 11) is 0. The van der Waals surface area contributed by atoms with Crippen LogP contribution in [0.15, 0.2) is 36.4 Å². The lowest BCUT2D eigenvalue weighted by atomic mass is 10.2. The molecule has 0 bridgehead atoms. The molecule has 0 atom stereocenters. The molecule has 0 aromatic heterocycles. The topological polar surface area (TPSA) is 26.3 Å². The Hall–Kier alpha value is -1.87. The van der Waals surface area contributed by atoms with Crippen molar-refractivity contribution in [3.63, 3.8) is 0 Å². The second kappa shape index (κ2) is 5.19. The van der Waals surface area contributed by atoms with Gasteiger partial charge in [-0.3, -0.25) is 4.79 Å². The summed E-state index contributed by atoms with van der Waals surface area (Å²) in [4.78, 5) is 10.8. The zero-order valence-electron chi connectivity index (χ0n) is 9.61. The number of hydrogen-bond acceptors (Lipinski definition) is 2. The number of aldehydes is 1. The highest BCUT2D eigenvalue weighted by Gasteiger charge is 2.11. The first-order valence-electron chi connectivity index (χ1n) is 5.29. The van der Waals surface area contributed by atoms with Crippen molar-refractivity contribution in [2.45, 2.75) is 6.92 Å². The van der Waals surface area contributed by atoms with E-state index in [0.717, 1.165) is 5.56 Å². The maximum absolute atomic E-state index is 13.4. The molecule has 0 aliphatic rings. The lowest BCUT2D eigenvalue weighted by Crippen LogP contribution is -1.94. The van der Waals surface area contributed by atoms with Crippen LogP contribution >= 0.6 is 11.6 Å². The first-order valence-corrected chi connectivity index (χ1v) is 5.67. The summed E-state index contributed by atoms with van der Waals surface area (Å²) >= 11 is 5.97. The standard InChI is InChI=1S/C14H10ClFO2/c1-9-5-6-11(15)14(7-9)18-13-4-2-3-12(16)10(13)8-17/h2-8H,1H3. The second-order valence-electron chi connectivity index (χ2n) is 3.81. The molecule has 0 aliphatic heterocycles. The SMILES string of the molecule is Cc1ccc(Cl)c(Oc2cccc(F)c2C=O)c1. The number of halogens is 2. The number of ether oxygens (including phenoxy) is 1. The van der Waals surface area contributed by atoms with Gasteiger partial charge < -0.3 is 4.74 Å². The molecule has 0 aliphatic carbocycles. The van der Waals surface area contributed by atoms with Crippen molar-refractivity contribution in [2.24, 2.45) is 0 Å². The molecule has 92 valence electrons. The summed E-state index contributed by atoms with van der Waals surface area (Å²) in [5.41, 5.74) is 0.841. The molecule has 0 spiro atoms. The summed E-state index contributed by atoms with van der Waals surface area (Å²) in [5.74, 6) is -0.0749. The summed E-state index contributed by atoms with van der Waals surface area (Å²) in [6.45, 7) is 1.88. The highest BCUT2D eigenvalue weighted by Crippen LogP contribution is 2.32. The van der Waals surface area contributed by atoms with E-state index < -0.39 is 5.82 Å². The van der Waals surface area contributed by atoms with Crippen LogP contribution in [0.4, 0.5) is 4.39 Å². The molecule has 2 nitrogen and oxygen atoms in total. The molecule has 0 amide bonds. The van der Waals surface area contributed by atoms with Crippen LogP contribution in [0.3, 0.4) is 0 Å². The van der Waals surface area contributed by atoms with E-state index in [9.17, 15) is 9.18 Å². The summed E-state index contributed by atoms with van der Waals surface area (Å²) < 4.78 is 18.9. The van der Waals surface area contributed by atoms with Gasteiger partial charge in [-0.05, 0) is 36.8 Å². The average molecular weight is 265 g/mol. The molecule has 0 radical (unpaired) electrons.